The van der Waals surface area contributed by atoms with Gasteiger partial charge in [-0.3, -0.25) is 0 Å². The SMILES string of the molecule is NCCCNCCCCNC1CCCCC1. The summed E-state index contributed by atoms with van der Waals surface area (Å²) in [6, 6.07) is 0.818. The first kappa shape index (κ1) is 13.9. The Morgan fingerprint density at radius 1 is 0.875 bits per heavy atom. The Bertz CT molecular complexity index is 144. The van der Waals surface area contributed by atoms with E-state index in [1.165, 1.54) is 51.5 Å². The van der Waals surface area contributed by atoms with Crippen LogP contribution in [0.4, 0.5) is 0 Å². The highest BCUT2D eigenvalue weighted by Crippen LogP contribution is 2.17. The molecule has 0 aromatic rings. The molecule has 0 spiro atoms. The lowest BCUT2D eigenvalue weighted by Crippen LogP contribution is -2.32. The first-order valence-corrected chi connectivity index (χ1v) is 7.07. The van der Waals surface area contributed by atoms with Crippen LogP contribution in [-0.4, -0.2) is 32.2 Å². The van der Waals surface area contributed by atoms with Crippen molar-refractivity contribution < 1.29 is 0 Å². The maximum atomic E-state index is 5.42. The second-order valence-electron chi connectivity index (χ2n) is 4.89. The lowest BCUT2D eigenvalue weighted by molar-refractivity contribution is 0.370. The van der Waals surface area contributed by atoms with E-state index in [1.807, 2.05) is 0 Å². The van der Waals surface area contributed by atoms with E-state index in [-0.39, 0.29) is 0 Å². The first-order chi connectivity index (χ1) is 7.93. The monoisotopic (exact) mass is 227 g/mol. The molecule has 1 aliphatic rings. The van der Waals surface area contributed by atoms with Gasteiger partial charge >= 0.3 is 0 Å². The molecule has 1 saturated carbocycles. The number of rotatable bonds is 9. The van der Waals surface area contributed by atoms with Crippen molar-refractivity contribution in [2.45, 2.75) is 57.4 Å². The highest BCUT2D eigenvalue weighted by atomic mass is 14.9. The van der Waals surface area contributed by atoms with Crippen LogP contribution in [0.15, 0.2) is 0 Å². The molecule has 1 aliphatic carbocycles. The molecule has 96 valence electrons. The summed E-state index contributed by atoms with van der Waals surface area (Å²) in [5, 5.41) is 7.09. The summed E-state index contributed by atoms with van der Waals surface area (Å²) in [7, 11) is 0. The van der Waals surface area contributed by atoms with E-state index in [9.17, 15) is 0 Å². The molecule has 0 heterocycles. The molecule has 1 fully saturated rings. The Kier molecular flexibility index (Phi) is 8.77. The van der Waals surface area contributed by atoms with Crippen LogP contribution in [0.1, 0.15) is 51.4 Å². The fourth-order valence-corrected chi connectivity index (χ4v) is 2.34. The smallest absolute Gasteiger partial charge is 0.00670 e. The molecule has 16 heavy (non-hydrogen) atoms. The van der Waals surface area contributed by atoms with Gasteiger partial charge in [0, 0.05) is 6.04 Å². The van der Waals surface area contributed by atoms with Crippen molar-refractivity contribution in [1.29, 1.82) is 0 Å². The van der Waals surface area contributed by atoms with Crippen molar-refractivity contribution in [3.05, 3.63) is 0 Å². The third-order valence-electron chi connectivity index (χ3n) is 3.38. The van der Waals surface area contributed by atoms with Crippen molar-refractivity contribution in [1.82, 2.24) is 10.6 Å². The fourth-order valence-electron chi connectivity index (χ4n) is 2.34. The predicted molar refractivity (Wildman–Crippen MR) is 70.7 cm³/mol. The molecular weight excluding hydrogens is 198 g/mol. The average Bonchev–Trinajstić information content (AvgIpc) is 2.34. The molecule has 0 radical (unpaired) electrons. The molecule has 0 aliphatic heterocycles. The molecule has 0 amide bonds. The third kappa shape index (κ3) is 7.20. The summed E-state index contributed by atoms with van der Waals surface area (Å²) in [5.74, 6) is 0. The van der Waals surface area contributed by atoms with E-state index in [0.717, 1.165) is 32.1 Å². The zero-order valence-corrected chi connectivity index (χ0v) is 10.6. The highest BCUT2D eigenvalue weighted by Gasteiger charge is 2.11. The fraction of sp³-hybridized carbons (Fsp3) is 1.00. The quantitative estimate of drug-likeness (QED) is 0.525. The number of unbranched alkanes of at least 4 members (excludes halogenated alkanes) is 1. The van der Waals surface area contributed by atoms with Gasteiger partial charge < -0.3 is 16.4 Å². The standard InChI is InChI=1S/C13H29N3/c14-9-6-11-15-10-4-5-12-16-13-7-2-1-3-8-13/h13,15-16H,1-12,14H2. The number of hydrogen-bond donors (Lipinski definition) is 3. The van der Waals surface area contributed by atoms with Gasteiger partial charge in [0.2, 0.25) is 0 Å². The topological polar surface area (TPSA) is 50.1 Å². The van der Waals surface area contributed by atoms with Gasteiger partial charge in [-0.25, -0.2) is 0 Å². The van der Waals surface area contributed by atoms with Gasteiger partial charge in [0.25, 0.3) is 0 Å². The Labute approximate surface area is 101 Å². The normalized spacial score (nSPS) is 17.8. The average molecular weight is 227 g/mol. The second-order valence-corrected chi connectivity index (χ2v) is 4.89. The molecule has 3 heteroatoms. The molecule has 1 rings (SSSR count). The minimum Gasteiger partial charge on any atom is -0.330 e. The summed E-state index contributed by atoms with van der Waals surface area (Å²) in [6.45, 7) is 4.22. The van der Waals surface area contributed by atoms with Crippen LogP contribution < -0.4 is 16.4 Å². The molecule has 0 saturated heterocycles. The summed E-state index contributed by atoms with van der Waals surface area (Å²) in [4.78, 5) is 0. The maximum Gasteiger partial charge on any atom is 0.00670 e. The largest absolute Gasteiger partial charge is 0.330 e. The third-order valence-corrected chi connectivity index (χ3v) is 3.38. The van der Waals surface area contributed by atoms with E-state index < -0.39 is 0 Å². The molecule has 0 atom stereocenters. The number of hydrogen-bond acceptors (Lipinski definition) is 3. The van der Waals surface area contributed by atoms with Crippen molar-refractivity contribution in [3.8, 4) is 0 Å². The molecule has 0 aromatic heterocycles. The molecule has 0 aromatic carbocycles. The van der Waals surface area contributed by atoms with Crippen molar-refractivity contribution >= 4 is 0 Å². The summed E-state index contributed by atoms with van der Waals surface area (Å²) in [6.07, 6.45) is 10.8. The number of nitrogens with two attached hydrogens (primary N) is 1. The molecule has 4 N–H and O–H groups in total. The van der Waals surface area contributed by atoms with Gasteiger partial charge in [0.15, 0.2) is 0 Å². The van der Waals surface area contributed by atoms with Crippen LogP contribution in [0.25, 0.3) is 0 Å². The first-order valence-electron chi connectivity index (χ1n) is 7.07. The van der Waals surface area contributed by atoms with Crippen LogP contribution in [0.3, 0.4) is 0 Å². The zero-order chi connectivity index (χ0) is 11.5. The lowest BCUT2D eigenvalue weighted by atomic mass is 9.95. The van der Waals surface area contributed by atoms with Crippen LogP contribution in [-0.2, 0) is 0 Å². The van der Waals surface area contributed by atoms with Crippen LogP contribution in [0.5, 0.6) is 0 Å². The van der Waals surface area contributed by atoms with E-state index >= 15 is 0 Å². The Morgan fingerprint density at radius 2 is 1.56 bits per heavy atom. The lowest BCUT2D eigenvalue weighted by Gasteiger charge is -2.22. The van der Waals surface area contributed by atoms with E-state index in [4.69, 9.17) is 5.73 Å². The summed E-state index contributed by atoms with van der Waals surface area (Å²) in [5.41, 5.74) is 5.42. The van der Waals surface area contributed by atoms with Crippen molar-refractivity contribution in [3.63, 3.8) is 0 Å². The van der Waals surface area contributed by atoms with Gasteiger partial charge in [-0.15, -0.1) is 0 Å². The van der Waals surface area contributed by atoms with E-state index in [2.05, 4.69) is 10.6 Å². The van der Waals surface area contributed by atoms with Gasteiger partial charge in [0.1, 0.15) is 0 Å². The Morgan fingerprint density at radius 3 is 2.31 bits per heavy atom. The van der Waals surface area contributed by atoms with Gasteiger partial charge in [-0.1, -0.05) is 19.3 Å². The predicted octanol–water partition coefficient (Wildman–Crippen LogP) is 1.63. The van der Waals surface area contributed by atoms with Gasteiger partial charge in [-0.05, 0) is 58.3 Å². The Balaban J connectivity index is 1.77. The summed E-state index contributed by atoms with van der Waals surface area (Å²) >= 11 is 0. The van der Waals surface area contributed by atoms with Crippen molar-refractivity contribution in [2.75, 3.05) is 26.2 Å². The second kappa shape index (κ2) is 10.1. The minimum absolute atomic E-state index is 0.802. The molecule has 3 nitrogen and oxygen atoms in total. The zero-order valence-electron chi connectivity index (χ0n) is 10.6. The van der Waals surface area contributed by atoms with Gasteiger partial charge in [-0.2, -0.15) is 0 Å². The van der Waals surface area contributed by atoms with E-state index in [0.29, 0.717) is 0 Å². The van der Waals surface area contributed by atoms with Gasteiger partial charge in [0.05, 0.1) is 0 Å². The molecule has 0 unspecified atom stereocenters. The van der Waals surface area contributed by atoms with E-state index in [1.54, 1.807) is 0 Å². The Hall–Kier alpha value is -0.120. The maximum absolute atomic E-state index is 5.42. The van der Waals surface area contributed by atoms with Crippen LogP contribution >= 0.6 is 0 Å². The van der Waals surface area contributed by atoms with Crippen LogP contribution in [0.2, 0.25) is 0 Å². The summed E-state index contributed by atoms with van der Waals surface area (Å²) < 4.78 is 0. The molecular formula is C13H29N3. The molecule has 0 bridgehead atoms. The minimum atomic E-state index is 0.802. The highest BCUT2D eigenvalue weighted by molar-refractivity contribution is 4.71. The number of nitrogens with one attached hydrogen (secondary N) is 2. The van der Waals surface area contributed by atoms with Crippen molar-refractivity contribution in [2.24, 2.45) is 5.73 Å². The van der Waals surface area contributed by atoms with Crippen LogP contribution in [0, 0.1) is 0 Å².